The average Bonchev–Trinajstić information content (AvgIpc) is 2.96. The fourth-order valence-corrected chi connectivity index (χ4v) is 6.42. The minimum atomic E-state index is 0.218. The normalized spacial score (nSPS) is 21.7. The first-order valence-corrected chi connectivity index (χ1v) is 13.2. The first kappa shape index (κ1) is 22.2. The molecule has 168 valence electrons. The molecule has 0 N–H and O–H groups in total. The maximum Gasteiger partial charge on any atom is 0.222 e. The molecular formula is C27H30BrClN2O. The van der Waals surface area contributed by atoms with E-state index in [-0.39, 0.29) is 5.92 Å². The molecule has 2 heterocycles. The van der Waals surface area contributed by atoms with Crippen LogP contribution in [0.5, 0.6) is 0 Å². The number of carbonyl (C=O) groups excluding carboxylic acids is 1. The second-order valence-corrected chi connectivity index (χ2v) is 11.0. The monoisotopic (exact) mass is 512 g/mol. The highest BCUT2D eigenvalue weighted by Gasteiger charge is 2.34. The highest BCUT2D eigenvalue weighted by molar-refractivity contribution is 9.10. The van der Waals surface area contributed by atoms with E-state index in [1.807, 2.05) is 12.3 Å². The molecule has 2 aromatic rings. The fourth-order valence-electron chi connectivity index (χ4n) is 5.89. The van der Waals surface area contributed by atoms with Crippen LogP contribution >= 0.6 is 27.5 Å². The van der Waals surface area contributed by atoms with Crippen LogP contribution in [0.2, 0.25) is 5.02 Å². The quantitative estimate of drug-likeness (QED) is 0.431. The molecule has 5 rings (SSSR count). The first-order chi connectivity index (χ1) is 15.6. The van der Waals surface area contributed by atoms with Gasteiger partial charge in [0.1, 0.15) is 0 Å². The molecule has 1 amide bonds. The lowest BCUT2D eigenvalue weighted by Crippen LogP contribution is -2.40. The third-order valence-electron chi connectivity index (χ3n) is 7.59. The van der Waals surface area contributed by atoms with Gasteiger partial charge < -0.3 is 4.90 Å². The van der Waals surface area contributed by atoms with Crippen molar-refractivity contribution in [2.24, 2.45) is 11.8 Å². The van der Waals surface area contributed by atoms with Crippen molar-refractivity contribution >= 4 is 45.6 Å². The number of fused-ring (bicyclic) bond motifs is 2. The zero-order valence-electron chi connectivity index (χ0n) is 18.4. The van der Waals surface area contributed by atoms with E-state index in [4.69, 9.17) is 16.6 Å². The number of nitrogens with zero attached hydrogens (tertiary/aromatic N) is 2. The van der Waals surface area contributed by atoms with E-state index in [1.165, 1.54) is 43.2 Å². The summed E-state index contributed by atoms with van der Waals surface area (Å²) in [5, 5.41) is 0.760. The number of hydrogen-bond donors (Lipinski definition) is 0. The molecule has 1 saturated carbocycles. The van der Waals surface area contributed by atoms with Crippen LogP contribution in [0.15, 0.2) is 34.9 Å². The summed E-state index contributed by atoms with van der Waals surface area (Å²) in [5.74, 6) is 1.65. The maximum absolute atomic E-state index is 13.0. The van der Waals surface area contributed by atoms with Crippen LogP contribution in [0.1, 0.15) is 79.7 Å². The van der Waals surface area contributed by atoms with Crippen molar-refractivity contribution in [3.63, 3.8) is 0 Å². The Kier molecular flexibility index (Phi) is 6.71. The molecule has 1 aromatic heterocycles. The summed E-state index contributed by atoms with van der Waals surface area (Å²) in [7, 11) is 0. The van der Waals surface area contributed by atoms with Crippen LogP contribution < -0.4 is 0 Å². The van der Waals surface area contributed by atoms with Crippen molar-refractivity contribution in [2.75, 3.05) is 13.1 Å². The minimum absolute atomic E-state index is 0.218. The molecule has 3 aliphatic rings. The van der Waals surface area contributed by atoms with Crippen LogP contribution in [0, 0.1) is 11.8 Å². The molecule has 1 aromatic carbocycles. The minimum Gasteiger partial charge on any atom is -0.343 e. The fraction of sp³-hybridized carbons (Fsp3) is 0.481. The number of likely N-dealkylation sites (tertiary alicyclic amines) is 1. The van der Waals surface area contributed by atoms with Gasteiger partial charge in [0.05, 0.1) is 5.69 Å². The van der Waals surface area contributed by atoms with E-state index in [1.54, 1.807) is 0 Å². The number of rotatable bonds is 3. The van der Waals surface area contributed by atoms with Gasteiger partial charge in [-0.25, -0.2) is 0 Å². The lowest BCUT2D eigenvalue weighted by molar-refractivity contribution is -0.133. The van der Waals surface area contributed by atoms with E-state index < -0.39 is 0 Å². The second kappa shape index (κ2) is 9.69. The number of pyridine rings is 1. The largest absolute Gasteiger partial charge is 0.343 e. The summed E-state index contributed by atoms with van der Waals surface area (Å²) in [5.41, 5.74) is 4.77. The second-order valence-electron chi connectivity index (χ2n) is 9.64. The number of amides is 1. The molecule has 5 heteroatoms. The number of hydrogen-bond acceptors (Lipinski definition) is 2. The third-order valence-corrected chi connectivity index (χ3v) is 8.26. The van der Waals surface area contributed by atoms with Crippen molar-refractivity contribution in [1.82, 2.24) is 9.88 Å². The Morgan fingerprint density at radius 1 is 1.03 bits per heavy atom. The maximum atomic E-state index is 13.0. The summed E-state index contributed by atoms with van der Waals surface area (Å²) in [4.78, 5) is 20.0. The number of carbonyl (C=O) groups is 1. The van der Waals surface area contributed by atoms with Gasteiger partial charge in [0.15, 0.2) is 0 Å². The molecule has 32 heavy (non-hydrogen) atoms. The van der Waals surface area contributed by atoms with Crippen molar-refractivity contribution in [3.05, 3.63) is 62.3 Å². The SMILES string of the molecule is O=C(CC1CCCCC1)N1CCC(C2c3ccc(Cl)cc3C=Cc3cc(Br)cnc32)CC1. The van der Waals surface area contributed by atoms with Gasteiger partial charge in [0.25, 0.3) is 0 Å². The summed E-state index contributed by atoms with van der Waals surface area (Å²) in [6.07, 6.45) is 15.4. The number of piperidine rings is 1. The van der Waals surface area contributed by atoms with E-state index in [0.29, 0.717) is 17.7 Å². The van der Waals surface area contributed by atoms with Gasteiger partial charge in [-0.15, -0.1) is 0 Å². The lowest BCUT2D eigenvalue weighted by atomic mass is 9.76. The van der Waals surface area contributed by atoms with Crippen molar-refractivity contribution in [3.8, 4) is 0 Å². The first-order valence-electron chi connectivity index (χ1n) is 12.0. The number of halogens is 2. The third kappa shape index (κ3) is 4.68. The summed E-state index contributed by atoms with van der Waals surface area (Å²) in [6, 6.07) is 8.38. The molecule has 1 aliphatic heterocycles. The summed E-state index contributed by atoms with van der Waals surface area (Å²) in [6.45, 7) is 1.71. The van der Waals surface area contributed by atoms with E-state index in [0.717, 1.165) is 53.1 Å². The smallest absolute Gasteiger partial charge is 0.222 e. The Hall–Kier alpha value is -1.65. The predicted molar refractivity (Wildman–Crippen MR) is 135 cm³/mol. The molecule has 3 nitrogen and oxygen atoms in total. The van der Waals surface area contributed by atoms with Gasteiger partial charge in [-0.3, -0.25) is 9.78 Å². The van der Waals surface area contributed by atoms with Crippen molar-refractivity contribution < 1.29 is 4.79 Å². The Labute approximate surface area is 204 Å². The van der Waals surface area contributed by atoms with Crippen molar-refractivity contribution in [1.29, 1.82) is 0 Å². The molecule has 2 aliphatic carbocycles. The summed E-state index contributed by atoms with van der Waals surface area (Å²) < 4.78 is 0.992. The Bertz CT molecular complexity index is 967. The van der Waals surface area contributed by atoms with Crippen LogP contribution in [0.4, 0.5) is 0 Å². The van der Waals surface area contributed by atoms with Crippen LogP contribution in [-0.4, -0.2) is 28.9 Å². The molecule has 0 bridgehead atoms. The highest BCUT2D eigenvalue weighted by Crippen LogP contribution is 2.43. The number of benzene rings is 1. The number of aromatic nitrogens is 1. The predicted octanol–water partition coefficient (Wildman–Crippen LogP) is 7.32. The van der Waals surface area contributed by atoms with Gasteiger partial charge in [-0.2, -0.15) is 0 Å². The molecular weight excluding hydrogens is 484 g/mol. The van der Waals surface area contributed by atoms with Gasteiger partial charge in [0.2, 0.25) is 5.91 Å². The average molecular weight is 514 g/mol. The van der Waals surface area contributed by atoms with Gasteiger partial charge in [-0.1, -0.05) is 49.1 Å². The zero-order chi connectivity index (χ0) is 22.1. The van der Waals surface area contributed by atoms with Gasteiger partial charge >= 0.3 is 0 Å². The zero-order valence-corrected chi connectivity index (χ0v) is 20.7. The topological polar surface area (TPSA) is 33.2 Å². The molecule has 0 spiro atoms. The molecule has 1 saturated heterocycles. The molecule has 1 unspecified atom stereocenters. The van der Waals surface area contributed by atoms with Gasteiger partial charge in [0, 0.05) is 41.1 Å². The molecule has 1 atom stereocenters. The summed E-state index contributed by atoms with van der Waals surface area (Å²) >= 11 is 9.91. The van der Waals surface area contributed by atoms with Crippen LogP contribution in [0.25, 0.3) is 12.2 Å². The lowest BCUT2D eigenvalue weighted by Gasteiger charge is -2.37. The Balaban J connectivity index is 1.36. The van der Waals surface area contributed by atoms with Crippen LogP contribution in [-0.2, 0) is 4.79 Å². The van der Waals surface area contributed by atoms with Crippen molar-refractivity contribution in [2.45, 2.75) is 57.3 Å². The Morgan fingerprint density at radius 3 is 2.56 bits per heavy atom. The van der Waals surface area contributed by atoms with Crippen LogP contribution in [0.3, 0.4) is 0 Å². The Morgan fingerprint density at radius 2 is 1.78 bits per heavy atom. The van der Waals surface area contributed by atoms with E-state index in [2.05, 4.69) is 51.2 Å². The highest BCUT2D eigenvalue weighted by atomic mass is 79.9. The van der Waals surface area contributed by atoms with Gasteiger partial charge in [-0.05, 0) is 88.3 Å². The molecule has 0 radical (unpaired) electrons. The standard InChI is InChI=1S/C27H30BrClN2O/c28-22-15-21-7-6-20-16-23(29)8-9-24(20)26(27(21)30-17-22)19-10-12-31(13-11-19)25(32)14-18-4-2-1-3-5-18/h6-9,15-19,26H,1-5,10-14H2. The van der Waals surface area contributed by atoms with E-state index in [9.17, 15) is 4.79 Å². The molecule has 2 fully saturated rings. The van der Waals surface area contributed by atoms with E-state index >= 15 is 0 Å².